The van der Waals surface area contributed by atoms with Crippen LogP contribution in [-0.4, -0.2) is 17.9 Å². The summed E-state index contributed by atoms with van der Waals surface area (Å²) in [4.78, 5) is 22.8. The summed E-state index contributed by atoms with van der Waals surface area (Å²) < 4.78 is 4.92. The van der Waals surface area contributed by atoms with Gasteiger partial charge in [-0.15, -0.1) is 0 Å². The van der Waals surface area contributed by atoms with Gasteiger partial charge in [-0.1, -0.05) is 17.7 Å². The zero-order valence-electron chi connectivity index (χ0n) is 13.9. The molecule has 0 atom stereocenters. The highest BCUT2D eigenvalue weighted by Gasteiger charge is 2.16. The third-order valence-corrected chi connectivity index (χ3v) is 3.75. The highest BCUT2D eigenvalue weighted by Crippen LogP contribution is 2.28. The summed E-state index contributed by atoms with van der Waals surface area (Å²) in [6.07, 6.45) is 1.27. The van der Waals surface area contributed by atoms with Crippen LogP contribution in [0.2, 0.25) is 5.02 Å². The molecule has 0 heterocycles. The molecule has 2 aromatic carbocycles. The fourth-order valence-corrected chi connectivity index (χ4v) is 2.44. The van der Waals surface area contributed by atoms with Crippen LogP contribution in [0.1, 0.15) is 11.1 Å². The number of carbonyl (C=O) groups is 1. The van der Waals surface area contributed by atoms with Gasteiger partial charge in [-0.2, -0.15) is 5.26 Å². The molecule has 132 valence electrons. The van der Waals surface area contributed by atoms with Gasteiger partial charge in [-0.3, -0.25) is 14.9 Å². The van der Waals surface area contributed by atoms with Crippen molar-refractivity contribution in [1.29, 1.82) is 5.26 Å². The van der Waals surface area contributed by atoms with E-state index in [1.807, 2.05) is 0 Å². The van der Waals surface area contributed by atoms with Gasteiger partial charge in [0.2, 0.25) is 0 Å². The van der Waals surface area contributed by atoms with Crippen LogP contribution in [0.15, 0.2) is 42.0 Å². The first-order valence-corrected chi connectivity index (χ1v) is 7.75. The number of benzene rings is 2. The van der Waals surface area contributed by atoms with E-state index in [2.05, 4.69) is 5.32 Å². The minimum Gasteiger partial charge on any atom is -0.490 e. The van der Waals surface area contributed by atoms with Crippen LogP contribution in [0.25, 0.3) is 6.08 Å². The van der Waals surface area contributed by atoms with Crippen LogP contribution in [0.3, 0.4) is 0 Å². The smallest absolute Gasteiger partial charge is 0.311 e. The molecule has 0 aromatic heterocycles. The number of hydrogen-bond acceptors (Lipinski definition) is 5. The van der Waals surface area contributed by atoms with Crippen molar-refractivity contribution in [3.8, 4) is 11.8 Å². The second kappa shape index (κ2) is 8.14. The maximum absolute atomic E-state index is 12.3. The maximum Gasteiger partial charge on any atom is 0.311 e. The monoisotopic (exact) mass is 371 g/mol. The lowest BCUT2D eigenvalue weighted by Gasteiger charge is -2.08. The highest BCUT2D eigenvalue weighted by atomic mass is 35.5. The van der Waals surface area contributed by atoms with E-state index in [1.165, 1.54) is 31.4 Å². The number of ether oxygens (including phenoxy) is 1. The number of amides is 1. The number of nitrogens with zero attached hydrogens (tertiary/aromatic N) is 2. The molecule has 0 aliphatic rings. The van der Waals surface area contributed by atoms with Gasteiger partial charge in [-0.05, 0) is 48.4 Å². The Morgan fingerprint density at radius 3 is 2.65 bits per heavy atom. The summed E-state index contributed by atoms with van der Waals surface area (Å²) in [6.45, 7) is 1.77. The second-order valence-corrected chi connectivity index (χ2v) is 5.71. The van der Waals surface area contributed by atoms with Crippen molar-refractivity contribution in [3.63, 3.8) is 0 Å². The number of rotatable bonds is 5. The topological polar surface area (TPSA) is 105 Å². The van der Waals surface area contributed by atoms with E-state index in [9.17, 15) is 20.2 Å². The predicted octanol–water partition coefficient (Wildman–Crippen LogP) is 4.11. The zero-order valence-corrected chi connectivity index (χ0v) is 14.7. The molecule has 0 unspecified atom stereocenters. The largest absolute Gasteiger partial charge is 0.490 e. The van der Waals surface area contributed by atoms with Crippen molar-refractivity contribution in [2.75, 3.05) is 12.4 Å². The van der Waals surface area contributed by atoms with E-state index < -0.39 is 10.8 Å². The number of halogens is 1. The lowest BCUT2D eigenvalue weighted by molar-refractivity contribution is -0.385. The third-order valence-electron chi connectivity index (χ3n) is 3.51. The van der Waals surface area contributed by atoms with E-state index in [0.717, 1.165) is 5.56 Å². The molecule has 2 aromatic rings. The maximum atomic E-state index is 12.3. The molecule has 0 aliphatic heterocycles. The Labute approximate surface area is 154 Å². The molecule has 1 amide bonds. The van der Waals surface area contributed by atoms with E-state index in [0.29, 0.717) is 16.3 Å². The van der Waals surface area contributed by atoms with Gasteiger partial charge in [-0.25, -0.2) is 0 Å². The van der Waals surface area contributed by atoms with Gasteiger partial charge >= 0.3 is 5.69 Å². The minimum absolute atomic E-state index is 0.0897. The molecule has 2 rings (SSSR count). The third kappa shape index (κ3) is 4.37. The van der Waals surface area contributed by atoms with Crippen molar-refractivity contribution in [2.24, 2.45) is 0 Å². The average molecular weight is 372 g/mol. The SMILES string of the molecule is COc1ccc(/C=C(\C#N)C(=O)Nc2ccc(Cl)cc2C)cc1[N+](=O)[O-]. The normalized spacial score (nSPS) is 10.8. The Morgan fingerprint density at radius 1 is 1.35 bits per heavy atom. The fraction of sp³-hybridized carbons (Fsp3) is 0.111. The standard InChI is InChI=1S/C18H14ClN3O4/c1-11-7-14(19)4-5-15(11)21-18(23)13(10-20)8-12-3-6-17(26-2)16(9-12)22(24)25/h3-9H,1-2H3,(H,21,23)/b13-8+. The van der Waals surface area contributed by atoms with Gasteiger partial charge in [0.1, 0.15) is 11.6 Å². The molecule has 0 spiro atoms. The number of nitrogens with one attached hydrogen (secondary N) is 1. The summed E-state index contributed by atoms with van der Waals surface area (Å²) >= 11 is 5.87. The molecule has 0 bridgehead atoms. The Bertz CT molecular complexity index is 948. The van der Waals surface area contributed by atoms with Crippen LogP contribution in [0.5, 0.6) is 5.75 Å². The molecule has 0 saturated heterocycles. The van der Waals surface area contributed by atoms with Crippen LogP contribution in [0.4, 0.5) is 11.4 Å². The highest BCUT2D eigenvalue weighted by molar-refractivity contribution is 6.30. The number of methoxy groups -OCH3 is 1. The van der Waals surface area contributed by atoms with Crippen LogP contribution in [0, 0.1) is 28.4 Å². The molecular formula is C18H14ClN3O4. The number of nitriles is 1. The zero-order chi connectivity index (χ0) is 19.3. The van der Waals surface area contributed by atoms with Crippen LogP contribution < -0.4 is 10.1 Å². The average Bonchev–Trinajstić information content (AvgIpc) is 2.61. The number of hydrogen-bond donors (Lipinski definition) is 1. The summed E-state index contributed by atoms with van der Waals surface area (Å²) in [5.41, 5.74) is 1.13. The van der Waals surface area contributed by atoms with Crippen molar-refractivity contribution in [1.82, 2.24) is 0 Å². The molecule has 7 nitrogen and oxygen atoms in total. The number of carbonyl (C=O) groups excluding carboxylic acids is 1. The molecule has 8 heteroatoms. The summed E-state index contributed by atoms with van der Waals surface area (Å²) in [6, 6.07) is 10.9. The molecule has 1 N–H and O–H groups in total. The van der Waals surface area contributed by atoms with Gasteiger partial charge in [0, 0.05) is 16.8 Å². The Kier molecular flexibility index (Phi) is 5.94. The first kappa shape index (κ1) is 19.0. The number of nitro groups is 1. The van der Waals surface area contributed by atoms with E-state index in [1.54, 1.807) is 31.2 Å². The molecule has 0 radical (unpaired) electrons. The predicted molar refractivity (Wildman–Crippen MR) is 98.1 cm³/mol. The number of aryl methyl sites for hydroxylation is 1. The summed E-state index contributed by atoms with van der Waals surface area (Å²) in [5.74, 6) is -0.539. The molecule has 0 saturated carbocycles. The van der Waals surface area contributed by atoms with Crippen molar-refractivity contribution >= 4 is 35.0 Å². The van der Waals surface area contributed by atoms with Crippen molar-refractivity contribution in [3.05, 3.63) is 68.2 Å². The quantitative estimate of drug-likeness (QED) is 0.368. The molecule has 0 fully saturated rings. The molecule has 0 aliphatic carbocycles. The molecule has 26 heavy (non-hydrogen) atoms. The van der Waals surface area contributed by atoms with Gasteiger partial charge in [0.15, 0.2) is 5.75 Å². The minimum atomic E-state index is -0.628. The van der Waals surface area contributed by atoms with Crippen LogP contribution in [-0.2, 0) is 4.79 Å². The summed E-state index contributed by atoms with van der Waals surface area (Å²) in [5, 5.41) is 23.5. The Balaban J connectivity index is 2.32. The number of anilines is 1. The van der Waals surface area contributed by atoms with Gasteiger partial charge in [0.05, 0.1) is 12.0 Å². The van der Waals surface area contributed by atoms with E-state index >= 15 is 0 Å². The van der Waals surface area contributed by atoms with Gasteiger partial charge in [0.25, 0.3) is 5.91 Å². The van der Waals surface area contributed by atoms with Crippen molar-refractivity contribution in [2.45, 2.75) is 6.92 Å². The van der Waals surface area contributed by atoms with Crippen LogP contribution >= 0.6 is 11.6 Å². The summed E-state index contributed by atoms with van der Waals surface area (Å²) in [7, 11) is 1.32. The van der Waals surface area contributed by atoms with Gasteiger partial charge < -0.3 is 10.1 Å². The molecular weight excluding hydrogens is 358 g/mol. The van der Waals surface area contributed by atoms with E-state index in [4.69, 9.17) is 16.3 Å². The Hall–Kier alpha value is -3.37. The second-order valence-electron chi connectivity index (χ2n) is 5.27. The van der Waals surface area contributed by atoms with Crippen molar-refractivity contribution < 1.29 is 14.5 Å². The first-order valence-electron chi connectivity index (χ1n) is 7.37. The lowest BCUT2D eigenvalue weighted by Crippen LogP contribution is -2.14. The first-order chi connectivity index (χ1) is 12.3. The lowest BCUT2D eigenvalue weighted by atomic mass is 10.1. The fourth-order valence-electron chi connectivity index (χ4n) is 2.21. The number of nitro benzene ring substituents is 1. The Morgan fingerprint density at radius 2 is 2.08 bits per heavy atom. The van der Waals surface area contributed by atoms with E-state index in [-0.39, 0.29) is 17.0 Å².